The molecule has 1 rings (SSSR count). The summed E-state index contributed by atoms with van der Waals surface area (Å²) >= 11 is 0. The van der Waals surface area contributed by atoms with E-state index in [-0.39, 0.29) is 0 Å². The number of primary amides is 1. The summed E-state index contributed by atoms with van der Waals surface area (Å²) in [6.45, 7) is 2.40. The number of methoxy groups -OCH3 is 1. The Morgan fingerprint density at radius 1 is 1.42 bits per heavy atom. The van der Waals surface area contributed by atoms with Crippen LogP contribution in [0.4, 0.5) is 0 Å². The zero-order valence-corrected chi connectivity index (χ0v) is 10.7. The highest BCUT2D eigenvalue weighted by Gasteiger charge is 2.06. The maximum Gasteiger partial charge on any atom is 0.329 e. The zero-order chi connectivity index (χ0) is 14.3. The fraction of sp³-hybridized carbons (Fsp3) is 0.250. The average Bonchev–Trinajstić information content (AvgIpc) is 2.40. The summed E-state index contributed by atoms with van der Waals surface area (Å²) in [5.41, 5.74) is 7.42. The molecule has 0 fully saturated rings. The van der Waals surface area contributed by atoms with E-state index in [0.717, 1.165) is 0 Å². The molecule has 1 aromatic carbocycles. The van der Waals surface area contributed by atoms with Crippen LogP contribution < -0.4 is 20.6 Å². The molecule has 0 spiro atoms. The van der Waals surface area contributed by atoms with Gasteiger partial charge in [-0.1, -0.05) is 0 Å². The molecular formula is C12H15N3O4. The van der Waals surface area contributed by atoms with Gasteiger partial charge in [-0.05, 0) is 30.7 Å². The Labute approximate surface area is 110 Å². The lowest BCUT2D eigenvalue weighted by Crippen LogP contribution is -2.32. The molecule has 1 aromatic rings. The number of rotatable bonds is 5. The van der Waals surface area contributed by atoms with Gasteiger partial charge in [-0.25, -0.2) is 5.43 Å². The molecule has 0 aliphatic heterocycles. The summed E-state index contributed by atoms with van der Waals surface area (Å²) < 4.78 is 10.5. The van der Waals surface area contributed by atoms with Crippen molar-refractivity contribution in [2.45, 2.75) is 6.92 Å². The predicted octanol–water partition coefficient (Wildman–Crippen LogP) is 0.0293. The minimum Gasteiger partial charge on any atom is -0.493 e. The van der Waals surface area contributed by atoms with Crippen LogP contribution in [0.3, 0.4) is 0 Å². The molecule has 0 bridgehead atoms. The number of carbonyl (C=O) groups is 2. The second kappa shape index (κ2) is 7.00. The first-order valence-corrected chi connectivity index (χ1v) is 5.52. The molecule has 102 valence electrons. The molecule has 0 radical (unpaired) electrons. The van der Waals surface area contributed by atoms with Crippen molar-refractivity contribution in [3.63, 3.8) is 0 Å². The molecule has 7 heteroatoms. The summed E-state index contributed by atoms with van der Waals surface area (Å²) in [5, 5.41) is 3.59. The summed E-state index contributed by atoms with van der Waals surface area (Å²) in [6, 6.07) is 5.14. The highest BCUT2D eigenvalue weighted by Crippen LogP contribution is 2.27. The van der Waals surface area contributed by atoms with E-state index in [4.69, 9.17) is 15.2 Å². The molecule has 0 aliphatic rings. The first kappa shape index (κ1) is 14.5. The molecular weight excluding hydrogens is 250 g/mol. The third kappa shape index (κ3) is 4.30. The maximum absolute atomic E-state index is 10.9. The van der Waals surface area contributed by atoms with E-state index in [2.05, 4.69) is 5.10 Å². The van der Waals surface area contributed by atoms with Crippen LogP contribution in [0.15, 0.2) is 23.3 Å². The van der Waals surface area contributed by atoms with Crippen LogP contribution in [0.2, 0.25) is 0 Å². The Hall–Kier alpha value is -2.57. The van der Waals surface area contributed by atoms with Crippen molar-refractivity contribution < 1.29 is 19.1 Å². The normalized spacial score (nSPS) is 10.2. The number of hydrazone groups is 1. The molecule has 2 amide bonds. The number of hydrogen-bond acceptors (Lipinski definition) is 5. The maximum atomic E-state index is 10.9. The van der Waals surface area contributed by atoms with Crippen molar-refractivity contribution in [1.82, 2.24) is 5.43 Å². The molecule has 0 saturated heterocycles. The Morgan fingerprint density at radius 2 is 2.16 bits per heavy atom. The van der Waals surface area contributed by atoms with Gasteiger partial charge >= 0.3 is 11.8 Å². The highest BCUT2D eigenvalue weighted by molar-refractivity contribution is 6.34. The van der Waals surface area contributed by atoms with Gasteiger partial charge in [0.05, 0.1) is 19.9 Å². The largest absolute Gasteiger partial charge is 0.493 e. The smallest absolute Gasteiger partial charge is 0.329 e. The number of hydrogen-bond donors (Lipinski definition) is 2. The van der Waals surface area contributed by atoms with Gasteiger partial charge in [-0.15, -0.1) is 0 Å². The lowest BCUT2D eigenvalue weighted by atomic mass is 10.2. The lowest BCUT2D eigenvalue weighted by molar-refractivity contribution is -0.137. The summed E-state index contributed by atoms with van der Waals surface area (Å²) in [7, 11) is 1.52. The molecule has 0 aliphatic carbocycles. The average molecular weight is 265 g/mol. The highest BCUT2D eigenvalue weighted by atomic mass is 16.5. The van der Waals surface area contributed by atoms with Gasteiger partial charge in [-0.3, -0.25) is 9.59 Å². The molecule has 0 heterocycles. The van der Waals surface area contributed by atoms with Gasteiger partial charge < -0.3 is 15.2 Å². The molecule has 19 heavy (non-hydrogen) atoms. The van der Waals surface area contributed by atoms with Gasteiger partial charge in [0.25, 0.3) is 0 Å². The predicted molar refractivity (Wildman–Crippen MR) is 69.1 cm³/mol. The fourth-order valence-electron chi connectivity index (χ4n) is 1.26. The van der Waals surface area contributed by atoms with Crippen molar-refractivity contribution in [2.24, 2.45) is 10.8 Å². The Morgan fingerprint density at radius 3 is 2.74 bits per heavy atom. The van der Waals surface area contributed by atoms with Crippen molar-refractivity contribution in [2.75, 3.05) is 13.7 Å². The summed E-state index contributed by atoms with van der Waals surface area (Å²) in [6.07, 6.45) is 1.36. The van der Waals surface area contributed by atoms with Crippen LogP contribution >= 0.6 is 0 Å². The SMILES string of the molecule is CCOc1ccc(/C=N/NC(=O)C(N)=O)cc1OC. The molecule has 0 atom stereocenters. The van der Waals surface area contributed by atoms with Crippen LogP contribution in [0.1, 0.15) is 12.5 Å². The first-order valence-electron chi connectivity index (χ1n) is 5.52. The molecule has 0 aromatic heterocycles. The number of ether oxygens (including phenoxy) is 2. The quantitative estimate of drug-likeness (QED) is 0.445. The molecule has 0 unspecified atom stereocenters. The van der Waals surface area contributed by atoms with Crippen molar-refractivity contribution >= 4 is 18.0 Å². The van der Waals surface area contributed by atoms with Crippen LogP contribution in [0.25, 0.3) is 0 Å². The van der Waals surface area contributed by atoms with Crippen LogP contribution in [0, 0.1) is 0 Å². The van der Waals surface area contributed by atoms with Crippen LogP contribution in [-0.4, -0.2) is 31.7 Å². The van der Waals surface area contributed by atoms with E-state index in [0.29, 0.717) is 23.7 Å². The zero-order valence-electron chi connectivity index (χ0n) is 10.7. The van der Waals surface area contributed by atoms with Gasteiger partial charge in [0.2, 0.25) is 0 Å². The fourth-order valence-corrected chi connectivity index (χ4v) is 1.26. The second-order valence-corrected chi connectivity index (χ2v) is 3.41. The third-order valence-electron chi connectivity index (χ3n) is 2.09. The van der Waals surface area contributed by atoms with Gasteiger partial charge in [0, 0.05) is 0 Å². The van der Waals surface area contributed by atoms with Crippen LogP contribution in [-0.2, 0) is 9.59 Å². The minimum absolute atomic E-state index is 0.526. The van der Waals surface area contributed by atoms with E-state index in [1.165, 1.54) is 13.3 Å². The van der Waals surface area contributed by atoms with Crippen molar-refractivity contribution in [1.29, 1.82) is 0 Å². The van der Waals surface area contributed by atoms with E-state index in [1.807, 2.05) is 12.3 Å². The van der Waals surface area contributed by atoms with E-state index in [1.54, 1.807) is 18.2 Å². The number of nitrogens with two attached hydrogens (primary N) is 1. The molecule has 7 nitrogen and oxygen atoms in total. The third-order valence-corrected chi connectivity index (χ3v) is 2.09. The van der Waals surface area contributed by atoms with Crippen molar-refractivity contribution in [3.05, 3.63) is 23.8 Å². The van der Waals surface area contributed by atoms with Gasteiger partial charge in [-0.2, -0.15) is 5.10 Å². The Bertz CT molecular complexity index is 500. The topological polar surface area (TPSA) is 103 Å². The van der Waals surface area contributed by atoms with Gasteiger partial charge in [0.1, 0.15) is 0 Å². The Kier molecular flexibility index (Phi) is 5.34. The molecule has 0 saturated carbocycles. The molecule has 3 N–H and O–H groups in total. The standard InChI is InChI=1S/C12H15N3O4/c1-3-19-9-5-4-8(6-10(9)18-2)7-14-15-12(17)11(13)16/h4-7H,3H2,1-2H3,(H2,13,16)(H,15,17)/b14-7+. The summed E-state index contributed by atoms with van der Waals surface area (Å²) in [4.78, 5) is 21.3. The first-order chi connectivity index (χ1) is 9.08. The number of amides is 2. The minimum atomic E-state index is -1.10. The number of benzene rings is 1. The summed E-state index contributed by atoms with van der Waals surface area (Å²) in [5.74, 6) is -0.911. The lowest BCUT2D eigenvalue weighted by Gasteiger charge is -2.09. The number of nitrogens with one attached hydrogen (secondary N) is 1. The van der Waals surface area contributed by atoms with E-state index in [9.17, 15) is 9.59 Å². The van der Waals surface area contributed by atoms with E-state index < -0.39 is 11.8 Å². The monoisotopic (exact) mass is 265 g/mol. The number of nitrogens with zero attached hydrogens (tertiary/aromatic N) is 1. The Balaban J connectivity index is 2.77. The van der Waals surface area contributed by atoms with Crippen LogP contribution in [0.5, 0.6) is 11.5 Å². The van der Waals surface area contributed by atoms with Gasteiger partial charge in [0.15, 0.2) is 11.5 Å². The number of carbonyl (C=O) groups excluding carboxylic acids is 2. The van der Waals surface area contributed by atoms with E-state index >= 15 is 0 Å². The van der Waals surface area contributed by atoms with Crippen molar-refractivity contribution in [3.8, 4) is 11.5 Å². The second-order valence-electron chi connectivity index (χ2n) is 3.41.